The quantitative estimate of drug-likeness (QED) is 0.689. The second-order valence-corrected chi connectivity index (χ2v) is 6.15. The Balaban J connectivity index is 1.87. The summed E-state index contributed by atoms with van der Waals surface area (Å²) in [7, 11) is 0. The van der Waals surface area contributed by atoms with Gasteiger partial charge in [0.1, 0.15) is 0 Å². The van der Waals surface area contributed by atoms with Crippen molar-refractivity contribution in [1.29, 1.82) is 0 Å². The monoisotopic (exact) mass is 356 g/mol. The van der Waals surface area contributed by atoms with Crippen molar-refractivity contribution in [2.75, 3.05) is 5.01 Å². The van der Waals surface area contributed by atoms with E-state index < -0.39 is 0 Å². The number of hydrogen-bond donors (Lipinski definition) is 0. The van der Waals surface area contributed by atoms with E-state index in [1.54, 1.807) is 43.3 Å². The zero-order chi connectivity index (χ0) is 17.1. The van der Waals surface area contributed by atoms with E-state index in [1.165, 1.54) is 5.01 Å². The molecule has 120 valence electrons. The molecule has 2 aromatic carbocycles. The molecule has 0 radical (unpaired) electrons. The number of nitrogens with zero attached hydrogens (tertiary/aromatic N) is 2. The third-order valence-corrected chi connectivity index (χ3v) is 3.99. The van der Waals surface area contributed by atoms with Crippen LogP contribution in [0.2, 0.25) is 5.02 Å². The molecule has 1 aliphatic heterocycles. The highest BCUT2D eigenvalue weighted by Gasteiger charge is 2.28. The van der Waals surface area contributed by atoms with Crippen LogP contribution < -0.4 is 5.01 Å². The van der Waals surface area contributed by atoms with Gasteiger partial charge in [0.2, 0.25) is 0 Å². The predicted molar refractivity (Wildman–Crippen MR) is 100 cm³/mol. The summed E-state index contributed by atoms with van der Waals surface area (Å²) >= 11 is 12.2. The number of halogens is 2. The highest BCUT2D eigenvalue weighted by Crippen LogP contribution is 2.26. The number of carbonyl (C=O) groups excluding carboxylic acids is 1. The summed E-state index contributed by atoms with van der Waals surface area (Å²) in [6.45, 7) is 1.78. The first-order chi connectivity index (χ1) is 11.5. The van der Waals surface area contributed by atoms with Gasteiger partial charge in [-0.3, -0.25) is 4.79 Å². The Morgan fingerprint density at radius 3 is 2.42 bits per heavy atom. The fourth-order valence-electron chi connectivity index (χ4n) is 2.33. The van der Waals surface area contributed by atoms with Crippen molar-refractivity contribution in [2.45, 2.75) is 6.92 Å². The predicted octanol–water partition coefficient (Wildman–Crippen LogP) is 5.27. The normalized spacial score (nSPS) is 16.7. The van der Waals surface area contributed by atoms with Crippen molar-refractivity contribution in [3.05, 3.63) is 81.9 Å². The lowest BCUT2D eigenvalue weighted by Gasteiger charge is -2.11. The van der Waals surface area contributed by atoms with E-state index in [9.17, 15) is 4.79 Å². The van der Waals surface area contributed by atoms with Gasteiger partial charge in [0.15, 0.2) is 0 Å². The summed E-state index contributed by atoms with van der Waals surface area (Å²) in [5.74, 6) is -0.213. The summed E-state index contributed by atoms with van der Waals surface area (Å²) in [4.78, 5) is 12.6. The molecule has 1 heterocycles. The first-order valence-electron chi connectivity index (χ1n) is 7.34. The minimum Gasteiger partial charge on any atom is -0.267 e. The fraction of sp³-hybridized carbons (Fsp3) is 0.0526. The lowest BCUT2D eigenvalue weighted by Crippen LogP contribution is -2.21. The molecule has 1 amide bonds. The molecule has 0 aliphatic carbocycles. The van der Waals surface area contributed by atoms with E-state index in [0.717, 1.165) is 5.56 Å². The molecule has 2 aromatic rings. The van der Waals surface area contributed by atoms with Crippen LogP contribution in [0.4, 0.5) is 5.69 Å². The van der Waals surface area contributed by atoms with E-state index in [-0.39, 0.29) is 5.91 Å². The highest BCUT2D eigenvalue weighted by atomic mass is 35.5. The van der Waals surface area contributed by atoms with Crippen molar-refractivity contribution in [3.8, 4) is 0 Å². The van der Waals surface area contributed by atoms with Crippen molar-refractivity contribution < 1.29 is 4.79 Å². The van der Waals surface area contributed by atoms with Gasteiger partial charge >= 0.3 is 0 Å². The Morgan fingerprint density at radius 2 is 1.75 bits per heavy atom. The fourth-order valence-corrected chi connectivity index (χ4v) is 2.69. The number of rotatable bonds is 3. The molecule has 0 fully saturated rings. The maximum absolute atomic E-state index is 12.6. The molecule has 3 rings (SSSR count). The molecular formula is C19H14Cl2N2O. The maximum Gasteiger partial charge on any atom is 0.280 e. The van der Waals surface area contributed by atoms with Gasteiger partial charge in [-0.2, -0.15) is 10.1 Å². The van der Waals surface area contributed by atoms with Crippen LogP contribution in [0.3, 0.4) is 0 Å². The third-order valence-electron chi connectivity index (χ3n) is 3.52. The van der Waals surface area contributed by atoms with Gasteiger partial charge < -0.3 is 0 Å². The van der Waals surface area contributed by atoms with Crippen molar-refractivity contribution >= 4 is 46.6 Å². The van der Waals surface area contributed by atoms with Gasteiger partial charge in [-0.05, 0) is 48.9 Å². The third kappa shape index (κ3) is 3.58. The lowest BCUT2D eigenvalue weighted by atomic mass is 10.1. The summed E-state index contributed by atoms with van der Waals surface area (Å²) in [6, 6.07) is 16.6. The van der Waals surface area contributed by atoms with Gasteiger partial charge in [-0.15, -0.1) is 0 Å². The Bertz CT molecular complexity index is 853. The Kier molecular flexibility index (Phi) is 4.84. The zero-order valence-electron chi connectivity index (χ0n) is 12.9. The van der Waals surface area contributed by atoms with Crippen molar-refractivity contribution in [1.82, 2.24) is 0 Å². The van der Waals surface area contributed by atoms with E-state index in [1.807, 2.05) is 30.3 Å². The Labute approximate surface area is 150 Å². The lowest BCUT2D eigenvalue weighted by molar-refractivity contribution is -0.114. The number of carbonyl (C=O) groups is 1. The molecule has 0 unspecified atom stereocenters. The molecule has 0 aromatic heterocycles. The standard InChI is InChI=1S/C19H14Cl2N2O/c1-13-18(12-16(21)11-14-5-3-2-4-6-14)19(24)23(22-13)17-9-7-15(20)8-10-17/h2-12H,1H3/b16-11-,18-12+. The SMILES string of the molecule is CC1=NN(c2ccc(Cl)cc2)C(=O)/C1=C/C(Cl)=C/c1ccccc1. The zero-order valence-corrected chi connectivity index (χ0v) is 14.4. The summed E-state index contributed by atoms with van der Waals surface area (Å²) in [5, 5.41) is 6.74. The molecule has 0 spiro atoms. The Hall–Kier alpha value is -2.36. The molecule has 0 saturated heterocycles. The van der Waals surface area contributed by atoms with E-state index in [4.69, 9.17) is 23.2 Å². The molecule has 0 bridgehead atoms. The molecule has 0 atom stereocenters. The van der Waals surface area contributed by atoms with Crippen LogP contribution in [0.1, 0.15) is 12.5 Å². The smallest absolute Gasteiger partial charge is 0.267 e. The highest BCUT2D eigenvalue weighted by molar-refractivity contribution is 6.36. The molecule has 0 saturated carbocycles. The summed E-state index contributed by atoms with van der Waals surface area (Å²) in [5.41, 5.74) is 2.72. The topological polar surface area (TPSA) is 32.7 Å². The number of anilines is 1. The van der Waals surface area contributed by atoms with Crippen LogP contribution in [0.5, 0.6) is 0 Å². The first kappa shape index (κ1) is 16.5. The number of benzene rings is 2. The number of hydrogen-bond acceptors (Lipinski definition) is 2. The van der Waals surface area contributed by atoms with Crippen molar-refractivity contribution in [3.63, 3.8) is 0 Å². The van der Waals surface area contributed by atoms with E-state index in [2.05, 4.69) is 5.10 Å². The van der Waals surface area contributed by atoms with E-state index in [0.29, 0.717) is 27.0 Å². The average Bonchev–Trinajstić information content (AvgIpc) is 2.85. The minimum atomic E-state index is -0.213. The maximum atomic E-state index is 12.6. The molecule has 1 aliphatic rings. The minimum absolute atomic E-state index is 0.213. The number of hydrazone groups is 1. The van der Waals surface area contributed by atoms with Gasteiger partial charge in [0, 0.05) is 10.1 Å². The van der Waals surface area contributed by atoms with Crippen LogP contribution in [-0.4, -0.2) is 11.6 Å². The summed E-state index contributed by atoms with van der Waals surface area (Å²) in [6.07, 6.45) is 3.45. The van der Waals surface area contributed by atoms with E-state index >= 15 is 0 Å². The second-order valence-electron chi connectivity index (χ2n) is 5.28. The van der Waals surface area contributed by atoms with Crippen LogP contribution in [0.15, 0.2) is 76.4 Å². The Morgan fingerprint density at radius 1 is 1.08 bits per heavy atom. The van der Waals surface area contributed by atoms with Crippen LogP contribution in [0.25, 0.3) is 6.08 Å². The van der Waals surface area contributed by atoms with Gasteiger partial charge in [0.05, 0.1) is 17.0 Å². The van der Waals surface area contributed by atoms with Crippen LogP contribution >= 0.6 is 23.2 Å². The second kappa shape index (κ2) is 7.04. The largest absolute Gasteiger partial charge is 0.280 e. The molecular weight excluding hydrogens is 343 g/mol. The molecule has 5 heteroatoms. The number of allylic oxidation sites excluding steroid dienone is 2. The van der Waals surface area contributed by atoms with Gasteiger partial charge in [-0.1, -0.05) is 53.5 Å². The average molecular weight is 357 g/mol. The van der Waals surface area contributed by atoms with Crippen LogP contribution in [0, 0.1) is 0 Å². The molecule has 3 nitrogen and oxygen atoms in total. The molecule has 0 N–H and O–H groups in total. The first-order valence-corrected chi connectivity index (χ1v) is 8.10. The number of amides is 1. The van der Waals surface area contributed by atoms with Gasteiger partial charge in [0.25, 0.3) is 5.91 Å². The van der Waals surface area contributed by atoms with Crippen molar-refractivity contribution in [2.24, 2.45) is 5.10 Å². The summed E-state index contributed by atoms with van der Waals surface area (Å²) < 4.78 is 0. The molecule has 24 heavy (non-hydrogen) atoms. The van der Waals surface area contributed by atoms with Gasteiger partial charge in [-0.25, -0.2) is 0 Å². The van der Waals surface area contributed by atoms with Crippen LogP contribution in [-0.2, 0) is 4.79 Å².